The van der Waals surface area contributed by atoms with Crippen molar-refractivity contribution in [2.75, 3.05) is 14.2 Å². The van der Waals surface area contributed by atoms with Gasteiger partial charge in [-0.05, 0) is 24.1 Å². The molecule has 15 heavy (non-hydrogen) atoms. The van der Waals surface area contributed by atoms with Crippen LogP contribution in [0.5, 0.6) is 5.75 Å². The van der Waals surface area contributed by atoms with Gasteiger partial charge in [-0.2, -0.15) is 0 Å². The summed E-state index contributed by atoms with van der Waals surface area (Å²) in [7, 11) is 3.24. The lowest BCUT2D eigenvalue weighted by atomic mass is 10.1. The SMILES string of the molecule is C=C=C(OC)c1cc(CC)ccc1OC. The van der Waals surface area contributed by atoms with E-state index in [0.29, 0.717) is 5.76 Å². The van der Waals surface area contributed by atoms with E-state index in [2.05, 4.69) is 19.2 Å². The van der Waals surface area contributed by atoms with Gasteiger partial charge in [-0.1, -0.05) is 25.3 Å². The van der Waals surface area contributed by atoms with E-state index in [0.717, 1.165) is 17.7 Å². The summed E-state index contributed by atoms with van der Waals surface area (Å²) in [6, 6.07) is 6.01. The zero-order valence-electron chi connectivity index (χ0n) is 9.46. The van der Waals surface area contributed by atoms with Crippen LogP contribution in [0, 0.1) is 0 Å². The molecule has 0 radical (unpaired) electrons. The molecule has 0 aliphatic carbocycles. The zero-order valence-corrected chi connectivity index (χ0v) is 9.46. The van der Waals surface area contributed by atoms with Gasteiger partial charge in [0.05, 0.1) is 19.8 Å². The molecular weight excluding hydrogens is 188 g/mol. The molecule has 1 aromatic rings. The second-order valence-corrected chi connectivity index (χ2v) is 3.10. The normalized spacial score (nSPS) is 9.27. The van der Waals surface area contributed by atoms with E-state index >= 15 is 0 Å². The largest absolute Gasteiger partial charge is 0.496 e. The summed E-state index contributed by atoms with van der Waals surface area (Å²) in [6.07, 6.45) is 0.977. The van der Waals surface area contributed by atoms with Gasteiger partial charge < -0.3 is 9.47 Å². The van der Waals surface area contributed by atoms with Crippen molar-refractivity contribution in [2.45, 2.75) is 13.3 Å². The molecule has 0 bridgehead atoms. The van der Waals surface area contributed by atoms with Gasteiger partial charge in [0.25, 0.3) is 0 Å². The van der Waals surface area contributed by atoms with Gasteiger partial charge in [-0.15, -0.1) is 0 Å². The quantitative estimate of drug-likeness (QED) is 0.554. The Morgan fingerprint density at radius 2 is 2.13 bits per heavy atom. The Bertz CT molecular complexity index is 388. The Balaban J connectivity index is 3.28. The van der Waals surface area contributed by atoms with Gasteiger partial charge in [-0.25, -0.2) is 0 Å². The first-order valence-corrected chi connectivity index (χ1v) is 4.88. The highest BCUT2D eigenvalue weighted by atomic mass is 16.5. The fourth-order valence-corrected chi connectivity index (χ4v) is 1.43. The molecule has 2 heteroatoms. The third kappa shape index (κ3) is 2.42. The summed E-state index contributed by atoms with van der Waals surface area (Å²) in [5.74, 6) is 1.39. The second kappa shape index (κ2) is 5.28. The van der Waals surface area contributed by atoms with Crippen LogP contribution in [-0.4, -0.2) is 14.2 Å². The molecule has 0 unspecified atom stereocenters. The Kier molecular flexibility index (Phi) is 4.02. The number of ether oxygens (including phenoxy) is 2. The van der Waals surface area contributed by atoms with Crippen LogP contribution in [0.2, 0.25) is 0 Å². The molecule has 1 aromatic carbocycles. The van der Waals surface area contributed by atoms with Gasteiger partial charge >= 0.3 is 0 Å². The van der Waals surface area contributed by atoms with Gasteiger partial charge in [0.15, 0.2) is 5.76 Å². The van der Waals surface area contributed by atoms with Crippen molar-refractivity contribution in [1.29, 1.82) is 0 Å². The molecule has 1 rings (SSSR count). The third-order valence-electron chi connectivity index (χ3n) is 2.28. The fourth-order valence-electron chi connectivity index (χ4n) is 1.43. The van der Waals surface area contributed by atoms with Gasteiger partial charge in [-0.3, -0.25) is 0 Å². The highest BCUT2D eigenvalue weighted by molar-refractivity contribution is 5.65. The Morgan fingerprint density at radius 3 is 2.60 bits per heavy atom. The molecular formula is C13H16O2. The molecule has 0 saturated heterocycles. The summed E-state index contributed by atoms with van der Waals surface area (Å²) in [6.45, 7) is 5.70. The first-order chi connectivity index (χ1) is 7.26. The van der Waals surface area contributed by atoms with E-state index in [1.54, 1.807) is 14.2 Å². The van der Waals surface area contributed by atoms with Gasteiger partial charge in [0.1, 0.15) is 5.75 Å². The van der Waals surface area contributed by atoms with E-state index in [-0.39, 0.29) is 0 Å². The van der Waals surface area contributed by atoms with Crippen molar-refractivity contribution in [1.82, 2.24) is 0 Å². The molecule has 2 nitrogen and oxygen atoms in total. The minimum Gasteiger partial charge on any atom is -0.496 e. The summed E-state index contributed by atoms with van der Waals surface area (Å²) in [5.41, 5.74) is 4.89. The van der Waals surface area contributed by atoms with Crippen LogP contribution in [0.3, 0.4) is 0 Å². The zero-order chi connectivity index (χ0) is 11.3. The molecule has 0 spiro atoms. The summed E-state index contributed by atoms with van der Waals surface area (Å²) in [5, 5.41) is 0. The summed E-state index contributed by atoms with van der Waals surface area (Å²) >= 11 is 0. The molecule has 0 N–H and O–H groups in total. The van der Waals surface area contributed by atoms with E-state index < -0.39 is 0 Å². The van der Waals surface area contributed by atoms with Crippen molar-refractivity contribution in [3.8, 4) is 5.75 Å². The van der Waals surface area contributed by atoms with Crippen molar-refractivity contribution < 1.29 is 9.47 Å². The standard InChI is InChI=1S/C13H16O2/c1-5-10-7-8-13(15-4)11(9-10)12(6-2)14-3/h7-9H,2,5H2,1,3-4H3. The average Bonchev–Trinajstić information content (AvgIpc) is 2.30. The van der Waals surface area contributed by atoms with E-state index in [1.165, 1.54) is 5.56 Å². The Hall–Kier alpha value is -1.66. The predicted octanol–water partition coefficient (Wildman–Crippen LogP) is 3.03. The lowest BCUT2D eigenvalue weighted by molar-refractivity contribution is 0.362. The number of hydrogen-bond acceptors (Lipinski definition) is 2. The molecule has 0 atom stereocenters. The number of rotatable bonds is 4. The van der Waals surface area contributed by atoms with E-state index in [4.69, 9.17) is 9.47 Å². The maximum Gasteiger partial charge on any atom is 0.172 e. The van der Waals surface area contributed by atoms with E-state index in [9.17, 15) is 0 Å². The van der Waals surface area contributed by atoms with Crippen LogP contribution < -0.4 is 4.74 Å². The highest BCUT2D eigenvalue weighted by Crippen LogP contribution is 2.27. The first-order valence-electron chi connectivity index (χ1n) is 4.88. The Labute approximate surface area is 90.8 Å². The molecule has 80 valence electrons. The fraction of sp³-hybridized carbons (Fsp3) is 0.308. The van der Waals surface area contributed by atoms with Crippen LogP contribution in [0.15, 0.2) is 30.5 Å². The van der Waals surface area contributed by atoms with Gasteiger partial charge in [0, 0.05) is 0 Å². The molecule has 0 aromatic heterocycles. The average molecular weight is 204 g/mol. The lowest BCUT2D eigenvalue weighted by Crippen LogP contribution is -1.94. The molecule has 0 heterocycles. The summed E-state index contributed by atoms with van der Waals surface area (Å²) in [4.78, 5) is 0. The first kappa shape index (κ1) is 11.4. The second-order valence-electron chi connectivity index (χ2n) is 3.10. The lowest BCUT2D eigenvalue weighted by Gasteiger charge is -2.10. The predicted molar refractivity (Wildman–Crippen MR) is 61.9 cm³/mol. The number of hydrogen-bond donors (Lipinski definition) is 0. The van der Waals surface area contributed by atoms with E-state index in [1.807, 2.05) is 18.2 Å². The van der Waals surface area contributed by atoms with Crippen molar-refractivity contribution in [3.05, 3.63) is 41.6 Å². The van der Waals surface area contributed by atoms with Crippen molar-refractivity contribution >= 4 is 5.76 Å². The topological polar surface area (TPSA) is 18.5 Å². The smallest absolute Gasteiger partial charge is 0.172 e. The van der Waals surface area contributed by atoms with Crippen LogP contribution >= 0.6 is 0 Å². The molecule has 0 aliphatic heterocycles. The maximum absolute atomic E-state index is 5.26. The van der Waals surface area contributed by atoms with Crippen LogP contribution in [0.1, 0.15) is 18.1 Å². The van der Waals surface area contributed by atoms with Crippen molar-refractivity contribution in [2.24, 2.45) is 0 Å². The summed E-state index contributed by atoms with van der Waals surface area (Å²) < 4.78 is 10.5. The minimum atomic E-state index is 0.613. The highest BCUT2D eigenvalue weighted by Gasteiger charge is 2.08. The molecule has 0 aliphatic rings. The molecule has 0 amide bonds. The number of methoxy groups -OCH3 is 2. The minimum absolute atomic E-state index is 0.613. The third-order valence-corrected chi connectivity index (χ3v) is 2.28. The van der Waals surface area contributed by atoms with Crippen LogP contribution in [-0.2, 0) is 11.2 Å². The number of aryl methyl sites for hydroxylation is 1. The maximum atomic E-state index is 5.26. The number of benzene rings is 1. The van der Waals surface area contributed by atoms with Crippen LogP contribution in [0.4, 0.5) is 0 Å². The molecule has 0 saturated carbocycles. The monoisotopic (exact) mass is 204 g/mol. The van der Waals surface area contributed by atoms with Gasteiger partial charge in [0.2, 0.25) is 0 Å². The van der Waals surface area contributed by atoms with Crippen molar-refractivity contribution in [3.63, 3.8) is 0 Å². The molecule has 0 fully saturated rings. The van der Waals surface area contributed by atoms with Crippen LogP contribution in [0.25, 0.3) is 5.76 Å². The Morgan fingerprint density at radius 1 is 1.40 bits per heavy atom.